The molecule has 1 amide bonds. The van der Waals surface area contributed by atoms with Crippen LogP contribution in [0.2, 0.25) is 0 Å². The summed E-state index contributed by atoms with van der Waals surface area (Å²) >= 11 is 0. The van der Waals surface area contributed by atoms with Gasteiger partial charge in [0.2, 0.25) is 5.91 Å². The fourth-order valence-electron chi connectivity index (χ4n) is 1.51. The van der Waals surface area contributed by atoms with Crippen molar-refractivity contribution in [2.45, 2.75) is 31.8 Å². The van der Waals surface area contributed by atoms with Crippen LogP contribution in [0, 0.1) is 5.92 Å². The molecule has 4 N–H and O–H groups in total. The van der Waals surface area contributed by atoms with E-state index in [1.54, 1.807) is 0 Å². The van der Waals surface area contributed by atoms with Crippen LogP contribution in [0.3, 0.4) is 0 Å². The standard InChI is InChI=1S/C10H18N2O4/c1-6(2)7(11)8(13)12-10(9(14)15)3-4-16-5-10/h6-7H,3-5,11H2,1-2H3,(H,12,13)(H,14,15)/t7-,10?/m1/s1. The molecule has 0 aromatic heterocycles. The summed E-state index contributed by atoms with van der Waals surface area (Å²) in [6, 6.07) is -0.697. The van der Waals surface area contributed by atoms with Gasteiger partial charge in [-0.15, -0.1) is 0 Å². The number of carboxylic acids is 1. The number of nitrogens with one attached hydrogen (secondary N) is 1. The summed E-state index contributed by atoms with van der Waals surface area (Å²) < 4.78 is 5.03. The van der Waals surface area contributed by atoms with Gasteiger partial charge in [0.05, 0.1) is 12.6 Å². The van der Waals surface area contributed by atoms with Crippen molar-refractivity contribution in [3.63, 3.8) is 0 Å². The van der Waals surface area contributed by atoms with Crippen LogP contribution in [0.5, 0.6) is 0 Å². The molecule has 2 atom stereocenters. The summed E-state index contributed by atoms with van der Waals surface area (Å²) in [4.78, 5) is 22.8. The van der Waals surface area contributed by atoms with Crippen molar-refractivity contribution in [1.82, 2.24) is 5.32 Å². The van der Waals surface area contributed by atoms with Gasteiger partial charge < -0.3 is 20.9 Å². The lowest BCUT2D eigenvalue weighted by Gasteiger charge is -2.26. The van der Waals surface area contributed by atoms with Crippen LogP contribution in [-0.2, 0) is 14.3 Å². The van der Waals surface area contributed by atoms with Crippen molar-refractivity contribution >= 4 is 11.9 Å². The molecule has 0 aliphatic carbocycles. The van der Waals surface area contributed by atoms with Crippen molar-refractivity contribution in [2.24, 2.45) is 11.7 Å². The van der Waals surface area contributed by atoms with E-state index < -0.39 is 23.5 Å². The molecule has 0 aromatic carbocycles. The van der Waals surface area contributed by atoms with Gasteiger partial charge in [-0.2, -0.15) is 0 Å². The van der Waals surface area contributed by atoms with E-state index >= 15 is 0 Å². The van der Waals surface area contributed by atoms with Gasteiger partial charge in [-0.05, 0) is 5.92 Å². The molecule has 16 heavy (non-hydrogen) atoms. The smallest absolute Gasteiger partial charge is 0.331 e. The molecule has 1 heterocycles. The van der Waals surface area contributed by atoms with Gasteiger partial charge in [0, 0.05) is 13.0 Å². The number of carbonyl (C=O) groups excluding carboxylic acids is 1. The Morgan fingerprint density at radius 2 is 2.12 bits per heavy atom. The molecule has 1 saturated heterocycles. The molecular weight excluding hydrogens is 212 g/mol. The van der Waals surface area contributed by atoms with E-state index in [2.05, 4.69) is 5.32 Å². The van der Waals surface area contributed by atoms with Crippen LogP contribution in [-0.4, -0.2) is 41.8 Å². The van der Waals surface area contributed by atoms with Gasteiger partial charge >= 0.3 is 5.97 Å². The lowest BCUT2D eigenvalue weighted by Crippen LogP contribution is -2.59. The van der Waals surface area contributed by atoms with Gasteiger partial charge in [-0.3, -0.25) is 4.79 Å². The second kappa shape index (κ2) is 4.80. The summed E-state index contributed by atoms with van der Waals surface area (Å²) in [6.07, 6.45) is 0.277. The third-order valence-corrected chi connectivity index (χ3v) is 2.81. The molecule has 0 aromatic rings. The Hall–Kier alpha value is -1.14. The Morgan fingerprint density at radius 3 is 2.50 bits per heavy atom. The van der Waals surface area contributed by atoms with Crippen LogP contribution < -0.4 is 11.1 Å². The summed E-state index contributed by atoms with van der Waals surface area (Å²) in [7, 11) is 0. The molecule has 0 radical (unpaired) electrons. The third kappa shape index (κ3) is 2.51. The fraction of sp³-hybridized carbons (Fsp3) is 0.800. The first-order chi connectivity index (χ1) is 7.39. The Bertz CT molecular complexity index is 285. The molecule has 1 fully saturated rings. The molecule has 0 saturated carbocycles. The molecule has 1 rings (SSSR count). The normalized spacial score (nSPS) is 26.8. The van der Waals surface area contributed by atoms with E-state index in [-0.39, 0.29) is 18.9 Å². The minimum Gasteiger partial charge on any atom is -0.479 e. The minimum absolute atomic E-state index is 0.00110. The number of carboxylic acid groups (broad SMARTS) is 1. The van der Waals surface area contributed by atoms with Gasteiger partial charge in [0.15, 0.2) is 5.54 Å². The van der Waals surface area contributed by atoms with Crippen LogP contribution in [0.4, 0.5) is 0 Å². The van der Waals surface area contributed by atoms with Crippen LogP contribution in [0.25, 0.3) is 0 Å². The Morgan fingerprint density at radius 1 is 1.50 bits per heavy atom. The van der Waals surface area contributed by atoms with E-state index in [0.29, 0.717) is 6.61 Å². The number of amides is 1. The Kier molecular flexibility index (Phi) is 3.88. The van der Waals surface area contributed by atoms with Crippen LogP contribution in [0.15, 0.2) is 0 Å². The number of rotatable bonds is 4. The number of ether oxygens (including phenoxy) is 1. The van der Waals surface area contributed by atoms with E-state index in [1.807, 2.05) is 13.8 Å². The van der Waals surface area contributed by atoms with Crippen molar-refractivity contribution in [3.8, 4) is 0 Å². The quantitative estimate of drug-likeness (QED) is 0.594. The lowest BCUT2D eigenvalue weighted by molar-refractivity contribution is -0.148. The van der Waals surface area contributed by atoms with E-state index in [1.165, 1.54) is 0 Å². The molecule has 6 heteroatoms. The fourth-order valence-corrected chi connectivity index (χ4v) is 1.51. The number of nitrogens with two attached hydrogens (primary N) is 1. The molecular formula is C10H18N2O4. The molecule has 0 bridgehead atoms. The molecule has 6 nitrogen and oxygen atoms in total. The van der Waals surface area contributed by atoms with E-state index in [4.69, 9.17) is 15.6 Å². The first-order valence-electron chi connectivity index (χ1n) is 5.28. The maximum absolute atomic E-state index is 11.7. The van der Waals surface area contributed by atoms with E-state index in [0.717, 1.165) is 0 Å². The molecule has 1 aliphatic rings. The van der Waals surface area contributed by atoms with Crippen LogP contribution in [0.1, 0.15) is 20.3 Å². The van der Waals surface area contributed by atoms with Crippen LogP contribution >= 0.6 is 0 Å². The van der Waals surface area contributed by atoms with Gasteiger partial charge in [-0.25, -0.2) is 4.79 Å². The molecule has 92 valence electrons. The number of carbonyl (C=O) groups is 2. The highest BCUT2D eigenvalue weighted by atomic mass is 16.5. The highest BCUT2D eigenvalue weighted by Crippen LogP contribution is 2.19. The second-order valence-corrected chi connectivity index (χ2v) is 4.45. The largest absolute Gasteiger partial charge is 0.479 e. The first kappa shape index (κ1) is 12.9. The Balaban J connectivity index is 2.70. The number of hydrogen-bond acceptors (Lipinski definition) is 4. The predicted octanol–water partition coefficient (Wildman–Crippen LogP) is -0.670. The molecule has 1 unspecified atom stereocenters. The monoisotopic (exact) mass is 230 g/mol. The summed E-state index contributed by atoms with van der Waals surface area (Å²) in [6.45, 7) is 3.95. The average molecular weight is 230 g/mol. The molecule has 1 aliphatic heterocycles. The summed E-state index contributed by atoms with van der Waals surface area (Å²) in [5, 5.41) is 11.6. The average Bonchev–Trinajstić information content (AvgIpc) is 2.66. The Labute approximate surface area is 94.1 Å². The maximum atomic E-state index is 11.7. The highest BCUT2D eigenvalue weighted by Gasteiger charge is 2.44. The number of aliphatic carboxylic acids is 1. The van der Waals surface area contributed by atoms with Crippen molar-refractivity contribution in [2.75, 3.05) is 13.2 Å². The summed E-state index contributed by atoms with van der Waals surface area (Å²) in [5.74, 6) is -1.55. The molecule has 0 spiro atoms. The second-order valence-electron chi connectivity index (χ2n) is 4.45. The van der Waals surface area contributed by atoms with Crippen molar-refractivity contribution < 1.29 is 19.4 Å². The van der Waals surface area contributed by atoms with Crippen molar-refractivity contribution in [3.05, 3.63) is 0 Å². The lowest BCUT2D eigenvalue weighted by atomic mass is 9.96. The minimum atomic E-state index is -1.30. The van der Waals surface area contributed by atoms with Gasteiger partial charge in [-0.1, -0.05) is 13.8 Å². The summed E-state index contributed by atoms with van der Waals surface area (Å²) in [5.41, 5.74) is 4.35. The topological polar surface area (TPSA) is 102 Å². The zero-order chi connectivity index (χ0) is 12.3. The third-order valence-electron chi connectivity index (χ3n) is 2.81. The van der Waals surface area contributed by atoms with Crippen molar-refractivity contribution in [1.29, 1.82) is 0 Å². The zero-order valence-electron chi connectivity index (χ0n) is 9.53. The van der Waals surface area contributed by atoms with Gasteiger partial charge in [0.25, 0.3) is 0 Å². The maximum Gasteiger partial charge on any atom is 0.331 e. The highest BCUT2D eigenvalue weighted by molar-refractivity contribution is 5.90. The predicted molar refractivity (Wildman–Crippen MR) is 56.8 cm³/mol. The van der Waals surface area contributed by atoms with E-state index in [9.17, 15) is 9.59 Å². The van der Waals surface area contributed by atoms with Gasteiger partial charge in [0.1, 0.15) is 0 Å². The SMILES string of the molecule is CC(C)[C@@H](N)C(=O)NC1(C(=O)O)CCOC1. The zero-order valence-corrected chi connectivity index (χ0v) is 9.53. The first-order valence-corrected chi connectivity index (χ1v) is 5.28. The number of hydrogen-bond donors (Lipinski definition) is 3.